The van der Waals surface area contributed by atoms with E-state index >= 15 is 0 Å². The Bertz CT molecular complexity index is 1210. The fourth-order valence-corrected chi connectivity index (χ4v) is 5.09. The second-order valence-corrected chi connectivity index (χ2v) is 9.52. The lowest BCUT2D eigenvalue weighted by molar-refractivity contribution is -0.120. The van der Waals surface area contributed by atoms with E-state index in [2.05, 4.69) is 5.32 Å². The summed E-state index contributed by atoms with van der Waals surface area (Å²) in [5.74, 6) is -2.17. The van der Waals surface area contributed by atoms with Gasteiger partial charge in [0.2, 0.25) is 15.9 Å². The van der Waals surface area contributed by atoms with Crippen LogP contribution in [-0.2, 0) is 24.3 Å². The number of carbonyl (C=O) groups excluding carboxylic acids is 3. The summed E-state index contributed by atoms with van der Waals surface area (Å²) < 4.78 is 36.4. The first-order chi connectivity index (χ1) is 16.2. The van der Waals surface area contributed by atoms with Crippen LogP contribution in [0.4, 0.5) is 5.69 Å². The van der Waals surface area contributed by atoms with Gasteiger partial charge in [-0.3, -0.25) is 4.79 Å². The van der Waals surface area contributed by atoms with Gasteiger partial charge < -0.3 is 14.8 Å². The molecule has 1 fully saturated rings. The molecule has 0 bridgehead atoms. The molecule has 1 aliphatic heterocycles. The third-order valence-electron chi connectivity index (χ3n) is 5.49. The van der Waals surface area contributed by atoms with Crippen molar-refractivity contribution in [1.82, 2.24) is 4.31 Å². The molecular formula is C23H23N3O7S. The van der Waals surface area contributed by atoms with Crippen molar-refractivity contribution in [2.45, 2.75) is 17.7 Å². The van der Waals surface area contributed by atoms with Gasteiger partial charge in [0.25, 0.3) is 0 Å². The predicted octanol–water partition coefficient (Wildman–Crippen LogP) is 2.17. The molecule has 0 radical (unpaired) electrons. The molecule has 11 heteroatoms. The van der Waals surface area contributed by atoms with Crippen LogP contribution < -0.4 is 5.32 Å². The summed E-state index contributed by atoms with van der Waals surface area (Å²) in [4.78, 5) is 36.8. The molecule has 1 saturated heterocycles. The molecule has 1 amide bonds. The van der Waals surface area contributed by atoms with E-state index < -0.39 is 27.9 Å². The highest BCUT2D eigenvalue weighted by atomic mass is 32.2. The number of benzene rings is 2. The van der Waals surface area contributed by atoms with Crippen LogP contribution in [0.2, 0.25) is 0 Å². The monoisotopic (exact) mass is 485 g/mol. The number of anilines is 1. The number of nitriles is 1. The number of ether oxygens (including phenoxy) is 2. The zero-order valence-corrected chi connectivity index (χ0v) is 19.4. The fraction of sp³-hybridized carbons (Fsp3) is 0.304. The summed E-state index contributed by atoms with van der Waals surface area (Å²) in [7, 11) is -1.34. The molecule has 1 heterocycles. The Morgan fingerprint density at radius 1 is 0.971 bits per heavy atom. The highest BCUT2D eigenvalue weighted by molar-refractivity contribution is 7.89. The Morgan fingerprint density at radius 3 is 1.97 bits per heavy atom. The number of piperidine rings is 1. The second kappa shape index (κ2) is 10.5. The van der Waals surface area contributed by atoms with Crippen LogP contribution in [0.5, 0.6) is 0 Å². The van der Waals surface area contributed by atoms with E-state index in [-0.39, 0.29) is 40.7 Å². The van der Waals surface area contributed by atoms with Gasteiger partial charge in [-0.15, -0.1) is 0 Å². The van der Waals surface area contributed by atoms with E-state index in [4.69, 9.17) is 14.7 Å². The van der Waals surface area contributed by atoms with Crippen LogP contribution in [-0.4, -0.2) is 57.9 Å². The van der Waals surface area contributed by atoms with Gasteiger partial charge in [0.05, 0.1) is 41.9 Å². The van der Waals surface area contributed by atoms with Gasteiger partial charge in [-0.05, 0) is 55.3 Å². The first kappa shape index (κ1) is 24.9. The smallest absolute Gasteiger partial charge is 0.337 e. The van der Waals surface area contributed by atoms with Gasteiger partial charge in [-0.2, -0.15) is 9.57 Å². The average molecular weight is 486 g/mol. The summed E-state index contributed by atoms with van der Waals surface area (Å²) in [6.45, 7) is 0.298. The maximum atomic E-state index is 12.9. The number of nitrogens with one attached hydrogen (secondary N) is 1. The molecular weight excluding hydrogens is 462 g/mol. The van der Waals surface area contributed by atoms with Crippen LogP contribution in [0.1, 0.15) is 39.1 Å². The molecule has 10 nitrogen and oxygen atoms in total. The summed E-state index contributed by atoms with van der Waals surface area (Å²) >= 11 is 0. The lowest BCUT2D eigenvalue weighted by Crippen LogP contribution is -2.41. The number of amides is 1. The Balaban J connectivity index is 1.69. The molecule has 0 unspecified atom stereocenters. The SMILES string of the molecule is COC(=O)c1cc(NC(=O)C2CCN(S(=O)(=O)c3ccc(C#N)cc3)CC2)cc(C(=O)OC)c1. The quantitative estimate of drug-likeness (QED) is 0.613. The van der Waals surface area contributed by atoms with Crippen molar-refractivity contribution in [2.24, 2.45) is 5.92 Å². The first-order valence-corrected chi connectivity index (χ1v) is 11.8. The maximum Gasteiger partial charge on any atom is 0.337 e. The van der Waals surface area contributed by atoms with Crippen LogP contribution in [0.25, 0.3) is 0 Å². The molecule has 2 aromatic rings. The number of nitrogens with zero attached hydrogens (tertiary/aromatic N) is 2. The van der Waals surface area contributed by atoms with Crippen molar-refractivity contribution >= 4 is 33.6 Å². The molecule has 0 spiro atoms. The molecule has 0 atom stereocenters. The van der Waals surface area contributed by atoms with Gasteiger partial charge in [0.1, 0.15) is 0 Å². The Kier molecular flexibility index (Phi) is 7.65. The number of hydrogen-bond donors (Lipinski definition) is 1. The zero-order chi connectivity index (χ0) is 24.9. The van der Waals surface area contributed by atoms with E-state index in [1.165, 1.54) is 61.0 Å². The van der Waals surface area contributed by atoms with Crippen LogP contribution in [0.3, 0.4) is 0 Å². The highest BCUT2D eigenvalue weighted by Crippen LogP contribution is 2.26. The van der Waals surface area contributed by atoms with Crippen molar-refractivity contribution in [3.63, 3.8) is 0 Å². The average Bonchev–Trinajstić information content (AvgIpc) is 2.87. The van der Waals surface area contributed by atoms with Gasteiger partial charge in [-0.1, -0.05) is 0 Å². The summed E-state index contributed by atoms with van der Waals surface area (Å²) in [6.07, 6.45) is 0.587. The van der Waals surface area contributed by atoms with Crippen molar-refractivity contribution in [3.05, 3.63) is 59.2 Å². The molecule has 34 heavy (non-hydrogen) atoms. The molecule has 1 N–H and O–H groups in total. The number of hydrogen-bond acceptors (Lipinski definition) is 8. The third-order valence-corrected chi connectivity index (χ3v) is 7.40. The second-order valence-electron chi connectivity index (χ2n) is 7.59. The topological polar surface area (TPSA) is 143 Å². The standard InChI is InChI=1S/C23H23N3O7S/c1-32-22(28)17-11-18(23(29)33-2)13-19(12-17)25-21(27)16-7-9-26(10-8-16)34(30,31)20-5-3-15(14-24)4-6-20/h3-6,11-13,16H,7-10H2,1-2H3,(H,25,27). The number of rotatable bonds is 6. The first-order valence-electron chi connectivity index (χ1n) is 10.3. The number of esters is 2. The number of carbonyl (C=O) groups is 3. The molecule has 0 aliphatic carbocycles. The molecule has 2 aromatic carbocycles. The Hall–Kier alpha value is -3.75. The maximum absolute atomic E-state index is 12.9. The Morgan fingerprint density at radius 2 is 1.50 bits per heavy atom. The molecule has 0 saturated carbocycles. The van der Waals surface area contributed by atoms with Crippen LogP contribution in [0.15, 0.2) is 47.4 Å². The largest absolute Gasteiger partial charge is 0.465 e. The summed E-state index contributed by atoms with van der Waals surface area (Å²) in [6, 6.07) is 11.7. The molecule has 178 valence electrons. The lowest BCUT2D eigenvalue weighted by atomic mass is 9.97. The molecule has 3 rings (SSSR count). The lowest BCUT2D eigenvalue weighted by Gasteiger charge is -2.30. The van der Waals surface area contributed by atoms with E-state index in [9.17, 15) is 22.8 Å². The van der Waals surface area contributed by atoms with Crippen molar-refractivity contribution in [3.8, 4) is 6.07 Å². The fourth-order valence-electron chi connectivity index (χ4n) is 3.62. The van der Waals surface area contributed by atoms with Crippen LogP contribution >= 0.6 is 0 Å². The van der Waals surface area contributed by atoms with Gasteiger partial charge >= 0.3 is 11.9 Å². The van der Waals surface area contributed by atoms with E-state index in [0.717, 1.165) is 0 Å². The summed E-state index contributed by atoms with van der Waals surface area (Å²) in [5, 5.41) is 11.6. The van der Waals surface area contributed by atoms with E-state index in [1.807, 2.05) is 6.07 Å². The highest BCUT2D eigenvalue weighted by Gasteiger charge is 2.32. The Labute approximate surface area is 197 Å². The van der Waals surface area contributed by atoms with Gasteiger partial charge in [-0.25, -0.2) is 18.0 Å². The molecule has 0 aromatic heterocycles. The minimum Gasteiger partial charge on any atom is -0.465 e. The summed E-state index contributed by atoms with van der Waals surface area (Å²) in [5.41, 5.74) is 0.731. The number of methoxy groups -OCH3 is 2. The predicted molar refractivity (Wildman–Crippen MR) is 120 cm³/mol. The minimum absolute atomic E-state index is 0.0732. The van der Waals surface area contributed by atoms with E-state index in [1.54, 1.807) is 0 Å². The van der Waals surface area contributed by atoms with Crippen molar-refractivity contribution in [1.29, 1.82) is 5.26 Å². The normalized spacial score (nSPS) is 14.6. The van der Waals surface area contributed by atoms with Crippen LogP contribution in [0, 0.1) is 17.2 Å². The van der Waals surface area contributed by atoms with Gasteiger partial charge in [0, 0.05) is 24.7 Å². The van der Waals surface area contributed by atoms with Crippen molar-refractivity contribution in [2.75, 3.05) is 32.6 Å². The van der Waals surface area contributed by atoms with Gasteiger partial charge in [0.15, 0.2) is 0 Å². The third kappa shape index (κ3) is 5.41. The number of sulfonamides is 1. The van der Waals surface area contributed by atoms with Crippen molar-refractivity contribution < 1.29 is 32.3 Å². The zero-order valence-electron chi connectivity index (χ0n) is 18.6. The minimum atomic E-state index is -3.74. The van der Waals surface area contributed by atoms with E-state index in [0.29, 0.717) is 18.4 Å². The molecule has 1 aliphatic rings.